The minimum Gasteiger partial charge on any atom is -0.309 e. The molecule has 0 saturated carbocycles. The molecular weight excluding hydrogens is 1050 g/mol. The van der Waals surface area contributed by atoms with E-state index in [0.29, 0.717) is 0 Å². The van der Waals surface area contributed by atoms with Gasteiger partial charge in [-0.15, -0.1) is 0 Å². The van der Waals surface area contributed by atoms with Gasteiger partial charge in [0.15, 0.2) is 0 Å². The van der Waals surface area contributed by atoms with Gasteiger partial charge in [-0.05, 0) is 172 Å². The molecule has 14 aromatic rings. The Morgan fingerprint density at radius 3 is 0.977 bits per heavy atom. The maximum absolute atomic E-state index is 2.45. The number of nitrogens with zero attached hydrogens (tertiary/aromatic N) is 2. The first-order chi connectivity index (χ1) is 42.4. The fourth-order valence-corrected chi connectivity index (χ4v) is 15.5. The van der Waals surface area contributed by atoms with E-state index in [9.17, 15) is 0 Å². The van der Waals surface area contributed by atoms with Crippen LogP contribution < -0.4 is 0 Å². The number of hydrogen-bond acceptors (Lipinski definition) is 0. The zero-order chi connectivity index (χ0) is 58.5. The lowest BCUT2D eigenvalue weighted by Gasteiger charge is -2.22. The summed E-state index contributed by atoms with van der Waals surface area (Å²) in [7, 11) is 0. The van der Waals surface area contributed by atoms with Crippen LogP contribution in [0.1, 0.15) is 97.2 Å². The zero-order valence-corrected chi connectivity index (χ0v) is 50.0. The summed E-state index contributed by atoms with van der Waals surface area (Å²) in [4.78, 5) is 0. The Bertz CT molecular complexity index is 4950. The molecule has 3 aliphatic rings. The van der Waals surface area contributed by atoms with Gasteiger partial charge in [0.2, 0.25) is 0 Å². The van der Waals surface area contributed by atoms with Gasteiger partial charge < -0.3 is 9.13 Å². The smallest absolute Gasteiger partial charge is 0.0541 e. The third-order valence-corrected chi connectivity index (χ3v) is 20.1. The summed E-state index contributed by atoms with van der Waals surface area (Å²) in [5.74, 6) is 0. The van der Waals surface area contributed by atoms with Gasteiger partial charge in [0.05, 0.1) is 22.1 Å². The number of fused-ring (bicyclic) bond motifs is 15. The van der Waals surface area contributed by atoms with Crippen LogP contribution in [0, 0.1) is 0 Å². The van der Waals surface area contributed by atoms with Crippen molar-refractivity contribution in [2.24, 2.45) is 0 Å². The van der Waals surface area contributed by atoms with Crippen LogP contribution in [0.3, 0.4) is 0 Å². The molecular formula is C85H64N2. The van der Waals surface area contributed by atoms with Crippen LogP contribution in [0.4, 0.5) is 0 Å². The van der Waals surface area contributed by atoms with Gasteiger partial charge in [-0.2, -0.15) is 0 Å². The molecule has 3 aliphatic carbocycles. The van der Waals surface area contributed by atoms with E-state index in [1.165, 1.54) is 166 Å². The molecule has 0 fully saturated rings. The second kappa shape index (κ2) is 18.9. The van der Waals surface area contributed by atoms with E-state index in [0.717, 1.165) is 0 Å². The minimum atomic E-state index is -0.141. The predicted molar refractivity (Wildman–Crippen MR) is 369 cm³/mol. The van der Waals surface area contributed by atoms with Crippen molar-refractivity contribution in [2.45, 2.75) is 57.8 Å². The molecule has 0 radical (unpaired) electrons. The van der Waals surface area contributed by atoms with Crippen molar-refractivity contribution >= 4 is 67.9 Å². The Kier molecular flexibility index (Phi) is 11.1. The van der Waals surface area contributed by atoms with Gasteiger partial charge in [0.1, 0.15) is 0 Å². The maximum atomic E-state index is 2.45. The average molecular weight is 1110 g/mol. The van der Waals surface area contributed by atoms with Crippen molar-refractivity contribution in [1.82, 2.24) is 9.13 Å². The molecule has 0 bridgehead atoms. The summed E-state index contributed by atoms with van der Waals surface area (Å²) in [5, 5.41) is 5.06. The molecule has 87 heavy (non-hydrogen) atoms. The summed E-state index contributed by atoms with van der Waals surface area (Å²) in [6.45, 7) is 14.2. The minimum absolute atomic E-state index is 0.0635. The lowest BCUT2D eigenvalue weighted by molar-refractivity contribution is 0.660. The lowest BCUT2D eigenvalue weighted by atomic mass is 9.81. The highest BCUT2D eigenvalue weighted by atomic mass is 15.0. The van der Waals surface area contributed by atoms with Gasteiger partial charge in [0.25, 0.3) is 0 Å². The quantitative estimate of drug-likeness (QED) is 0.134. The fourth-order valence-electron chi connectivity index (χ4n) is 15.5. The van der Waals surface area contributed by atoms with Crippen molar-refractivity contribution in [3.05, 3.63) is 310 Å². The molecule has 414 valence electrons. The van der Waals surface area contributed by atoms with E-state index in [1.54, 1.807) is 0 Å². The highest BCUT2D eigenvalue weighted by Crippen LogP contribution is 2.53. The van der Waals surface area contributed by atoms with E-state index in [4.69, 9.17) is 0 Å². The van der Waals surface area contributed by atoms with Crippen LogP contribution in [-0.2, 0) is 16.2 Å². The number of aromatic nitrogens is 2. The highest BCUT2D eigenvalue weighted by Gasteiger charge is 2.38. The molecule has 2 heteroatoms. The summed E-state index contributed by atoms with van der Waals surface area (Å²) in [6.07, 6.45) is 9.02. The van der Waals surface area contributed by atoms with Gasteiger partial charge >= 0.3 is 0 Å². The average Bonchev–Trinajstić information content (AvgIpc) is 2.11. The van der Waals surface area contributed by atoms with Gasteiger partial charge in [-0.25, -0.2) is 0 Å². The highest BCUT2D eigenvalue weighted by molar-refractivity contribution is 6.12. The number of para-hydroxylation sites is 2. The summed E-state index contributed by atoms with van der Waals surface area (Å²) >= 11 is 0. The van der Waals surface area contributed by atoms with E-state index in [-0.39, 0.29) is 16.2 Å². The van der Waals surface area contributed by atoms with E-state index in [1.807, 2.05) is 0 Å². The van der Waals surface area contributed by atoms with Crippen LogP contribution in [-0.4, -0.2) is 9.13 Å². The van der Waals surface area contributed by atoms with Gasteiger partial charge in [-0.1, -0.05) is 260 Å². The van der Waals surface area contributed by atoms with Crippen LogP contribution >= 0.6 is 0 Å². The molecule has 0 saturated heterocycles. The molecule has 2 heterocycles. The lowest BCUT2D eigenvalue weighted by Crippen LogP contribution is -2.15. The Balaban J connectivity index is 0.589. The molecule has 17 rings (SSSR count). The predicted octanol–water partition coefficient (Wildman–Crippen LogP) is 22.5. The van der Waals surface area contributed by atoms with Crippen LogP contribution in [0.2, 0.25) is 0 Å². The standard InChI is InChI=1S/C85H64N2/c1-83(2)73-19-11-7-15-63(73)67-43-39-61(51-77(67)83)86-79-21-13-9-17-69(79)71-49-59(37-45-81(71)86)57-33-27-53(28-34-57)23-25-55-31-41-65-66-42-32-56(48-76(66)85(5,6)75(65)47-55)26-24-54-29-35-58(36-30-54)60-38-46-82-72(50-60)70-18-10-14-22-80(70)87(82)62-40-44-68-64-16-8-12-20-74(64)84(3,4)78(68)52-62/h7-52H,1-6H3. The van der Waals surface area contributed by atoms with Crippen molar-refractivity contribution in [2.75, 3.05) is 0 Å². The van der Waals surface area contributed by atoms with E-state index in [2.05, 4.69) is 330 Å². The van der Waals surface area contributed by atoms with Crippen LogP contribution in [0.25, 0.3) is 135 Å². The first kappa shape index (κ1) is 51.2. The molecule has 2 nitrogen and oxygen atoms in total. The van der Waals surface area contributed by atoms with E-state index >= 15 is 0 Å². The largest absolute Gasteiger partial charge is 0.309 e. The molecule has 0 atom stereocenters. The van der Waals surface area contributed by atoms with Crippen molar-refractivity contribution in [1.29, 1.82) is 0 Å². The molecule has 12 aromatic carbocycles. The fraction of sp³-hybridized carbons (Fsp3) is 0.106. The van der Waals surface area contributed by atoms with Crippen molar-refractivity contribution in [3.8, 4) is 67.0 Å². The maximum Gasteiger partial charge on any atom is 0.0541 e. The molecule has 0 spiro atoms. The van der Waals surface area contributed by atoms with Crippen LogP contribution in [0.5, 0.6) is 0 Å². The van der Waals surface area contributed by atoms with Crippen molar-refractivity contribution in [3.63, 3.8) is 0 Å². The van der Waals surface area contributed by atoms with Crippen LogP contribution in [0.15, 0.2) is 255 Å². The number of hydrogen-bond donors (Lipinski definition) is 0. The Morgan fingerprint density at radius 1 is 0.230 bits per heavy atom. The SMILES string of the molecule is CC1(C)c2cc(C=Cc3ccc(-c4ccc5c(c4)c4ccccc4n5-c4ccc5c(c4)C(C)(C)c4ccccc4-5)cc3)ccc2-c2ccc(C=Cc3ccc(-c4ccc5c(c4)c4ccccc4n5-c4ccc5c(c4)C(C)(C)c4ccccc4-5)cc3)cc21. The Hall–Kier alpha value is -10.3. The molecule has 2 aromatic heterocycles. The second-order valence-electron chi connectivity index (χ2n) is 26.1. The number of benzene rings is 12. The molecule has 0 unspecified atom stereocenters. The second-order valence-corrected chi connectivity index (χ2v) is 26.1. The van der Waals surface area contributed by atoms with Gasteiger partial charge in [0, 0.05) is 49.2 Å². The Morgan fingerprint density at radius 2 is 0.540 bits per heavy atom. The van der Waals surface area contributed by atoms with Crippen molar-refractivity contribution < 1.29 is 0 Å². The monoisotopic (exact) mass is 1110 g/mol. The summed E-state index contributed by atoms with van der Waals surface area (Å²) < 4.78 is 4.90. The van der Waals surface area contributed by atoms with E-state index < -0.39 is 0 Å². The number of rotatable bonds is 8. The topological polar surface area (TPSA) is 9.86 Å². The summed E-state index contributed by atoms with van der Waals surface area (Å²) in [5.41, 5.74) is 33.0. The molecule has 0 N–H and O–H groups in total. The first-order valence-corrected chi connectivity index (χ1v) is 30.8. The third kappa shape index (κ3) is 7.80. The third-order valence-electron chi connectivity index (χ3n) is 20.1. The normalized spacial score (nSPS) is 14.7. The van der Waals surface area contributed by atoms with Gasteiger partial charge in [-0.3, -0.25) is 0 Å². The Labute approximate surface area is 509 Å². The zero-order valence-electron chi connectivity index (χ0n) is 50.0. The summed E-state index contributed by atoms with van der Waals surface area (Å²) in [6, 6.07) is 95.6. The molecule has 0 amide bonds. The first-order valence-electron chi connectivity index (χ1n) is 30.8. The molecule has 0 aliphatic heterocycles.